The SMILES string of the molecule is c1ccc(-c2cccc3c2c2cc(-c4ccc5c(c4)c4cc6ccccc6cc4n5-c4ccccc4)ccc2n3-c2ccc3c(c2)oc2ccccc23)cc1. The molecule has 0 aliphatic carbocycles. The molecule has 3 heteroatoms. The van der Waals surface area contributed by atoms with E-state index in [1.807, 2.05) is 12.1 Å². The topological polar surface area (TPSA) is 23.0 Å². The number of aromatic nitrogens is 2. The van der Waals surface area contributed by atoms with E-state index in [1.54, 1.807) is 0 Å². The van der Waals surface area contributed by atoms with E-state index in [2.05, 4.69) is 191 Å². The third-order valence-corrected chi connectivity index (χ3v) is 11.5. The van der Waals surface area contributed by atoms with E-state index in [0.29, 0.717) is 0 Å². The van der Waals surface area contributed by atoms with Gasteiger partial charge in [-0.3, -0.25) is 0 Å². The second-order valence-electron chi connectivity index (χ2n) is 14.5. The molecule has 0 aliphatic heterocycles. The molecule has 0 N–H and O–H groups in total. The highest BCUT2D eigenvalue weighted by Crippen LogP contribution is 2.42. The molecular weight excluding hydrogens is 669 g/mol. The molecular formula is C52H32N2O. The molecule has 0 spiro atoms. The summed E-state index contributed by atoms with van der Waals surface area (Å²) in [6.07, 6.45) is 0. The van der Waals surface area contributed by atoms with Crippen molar-refractivity contribution in [3.8, 4) is 33.6 Å². The van der Waals surface area contributed by atoms with Gasteiger partial charge in [0.05, 0.1) is 22.1 Å². The van der Waals surface area contributed by atoms with Crippen molar-refractivity contribution in [3.63, 3.8) is 0 Å². The van der Waals surface area contributed by atoms with Crippen LogP contribution in [-0.2, 0) is 0 Å². The first-order chi connectivity index (χ1) is 27.3. The van der Waals surface area contributed by atoms with Crippen molar-refractivity contribution in [2.45, 2.75) is 0 Å². The maximum atomic E-state index is 6.39. The molecule has 9 aromatic carbocycles. The summed E-state index contributed by atoms with van der Waals surface area (Å²) in [7, 11) is 0. The van der Waals surface area contributed by atoms with Gasteiger partial charge in [0, 0.05) is 49.8 Å². The molecule has 0 amide bonds. The third-order valence-electron chi connectivity index (χ3n) is 11.5. The van der Waals surface area contributed by atoms with Gasteiger partial charge in [-0.25, -0.2) is 0 Å². The van der Waals surface area contributed by atoms with E-state index < -0.39 is 0 Å². The molecule has 0 radical (unpaired) electrons. The van der Waals surface area contributed by atoms with Crippen molar-refractivity contribution in [3.05, 3.63) is 194 Å². The first kappa shape index (κ1) is 30.1. The van der Waals surface area contributed by atoms with Gasteiger partial charge in [0.15, 0.2) is 0 Å². The molecule has 0 atom stereocenters. The number of benzene rings is 9. The van der Waals surface area contributed by atoms with Crippen molar-refractivity contribution >= 4 is 76.3 Å². The number of fused-ring (bicyclic) bond motifs is 10. The zero-order valence-electron chi connectivity index (χ0n) is 29.8. The van der Waals surface area contributed by atoms with Crippen LogP contribution in [0, 0.1) is 0 Å². The Morgan fingerprint density at radius 3 is 1.76 bits per heavy atom. The lowest BCUT2D eigenvalue weighted by molar-refractivity contribution is 0.668. The minimum atomic E-state index is 0.889. The lowest BCUT2D eigenvalue weighted by Gasteiger charge is -2.09. The van der Waals surface area contributed by atoms with Crippen LogP contribution in [0.25, 0.3) is 110 Å². The van der Waals surface area contributed by atoms with Gasteiger partial charge in [0.2, 0.25) is 0 Å². The number of furan rings is 1. The van der Waals surface area contributed by atoms with Crippen LogP contribution in [-0.4, -0.2) is 9.13 Å². The third kappa shape index (κ3) is 4.50. The average molecular weight is 701 g/mol. The Kier molecular flexibility index (Phi) is 6.34. The van der Waals surface area contributed by atoms with E-state index in [4.69, 9.17) is 4.42 Å². The standard InChI is InChI=1S/C52H32N2O/c1-3-12-33(13-4-1)40-19-11-20-48-52(40)45-30-37(23-27-47(45)54(48)39-24-25-42-41-18-9-10-21-50(41)55-51(42)32-39)36-22-26-46-43(29-36)44-28-34-14-7-8-15-35(34)31-49(44)53(46)38-16-5-2-6-17-38/h1-32H. The Bertz CT molecular complexity index is 3470. The average Bonchev–Trinajstić information content (AvgIpc) is 3.90. The summed E-state index contributed by atoms with van der Waals surface area (Å²) in [5, 5.41) is 9.71. The van der Waals surface area contributed by atoms with Crippen LogP contribution < -0.4 is 0 Å². The monoisotopic (exact) mass is 700 g/mol. The molecule has 256 valence electrons. The van der Waals surface area contributed by atoms with Crippen molar-refractivity contribution in [2.24, 2.45) is 0 Å². The highest BCUT2D eigenvalue weighted by molar-refractivity contribution is 6.18. The number of nitrogens with zero attached hydrogens (tertiary/aromatic N) is 2. The Morgan fingerprint density at radius 2 is 0.945 bits per heavy atom. The van der Waals surface area contributed by atoms with Crippen molar-refractivity contribution in [2.75, 3.05) is 0 Å². The van der Waals surface area contributed by atoms with Gasteiger partial charge in [0.25, 0.3) is 0 Å². The molecule has 55 heavy (non-hydrogen) atoms. The van der Waals surface area contributed by atoms with Crippen LogP contribution in [0.2, 0.25) is 0 Å². The first-order valence-electron chi connectivity index (χ1n) is 18.8. The normalized spacial score (nSPS) is 12.0. The molecule has 12 rings (SSSR count). The van der Waals surface area contributed by atoms with Crippen LogP contribution in [0.5, 0.6) is 0 Å². The predicted octanol–water partition coefficient (Wildman–Crippen LogP) is 14.3. The fraction of sp³-hybridized carbons (Fsp3) is 0. The Balaban J connectivity index is 1.11. The van der Waals surface area contributed by atoms with Gasteiger partial charge in [-0.05, 0) is 106 Å². The van der Waals surface area contributed by atoms with E-state index in [1.165, 1.54) is 65.6 Å². The highest BCUT2D eigenvalue weighted by atomic mass is 16.3. The molecule has 3 heterocycles. The molecule has 12 aromatic rings. The van der Waals surface area contributed by atoms with Gasteiger partial charge in [-0.2, -0.15) is 0 Å². The first-order valence-corrected chi connectivity index (χ1v) is 18.8. The highest BCUT2D eigenvalue weighted by Gasteiger charge is 2.20. The van der Waals surface area contributed by atoms with Crippen LogP contribution in [0.4, 0.5) is 0 Å². The Labute approximate surface area is 316 Å². The van der Waals surface area contributed by atoms with Crippen LogP contribution in [0.3, 0.4) is 0 Å². The van der Waals surface area contributed by atoms with E-state index in [-0.39, 0.29) is 0 Å². The van der Waals surface area contributed by atoms with E-state index in [0.717, 1.165) is 44.3 Å². The summed E-state index contributed by atoms with van der Waals surface area (Å²) in [5.41, 5.74) is 13.6. The van der Waals surface area contributed by atoms with E-state index in [9.17, 15) is 0 Å². The molecule has 0 fully saturated rings. The second kappa shape index (κ2) is 11.6. The molecule has 3 nitrogen and oxygen atoms in total. The minimum absolute atomic E-state index is 0.889. The molecule has 0 saturated heterocycles. The fourth-order valence-electron chi connectivity index (χ4n) is 8.98. The maximum absolute atomic E-state index is 6.39. The van der Waals surface area contributed by atoms with Gasteiger partial charge in [0.1, 0.15) is 11.2 Å². The summed E-state index contributed by atoms with van der Waals surface area (Å²) in [4.78, 5) is 0. The van der Waals surface area contributed by atoms with E-state index >= 15 is 0 Å². The molecule has 0 saturated carbocycles. The summed E-state index contributed by atoms with van der Waals surface area (Å²) in [6.45, 7) is 0. The smallest absolute Gasteiger partial charge is 0.137 e. The minimum Gasteiger partial charge on any atom is -0.456 e. The molecule has 0 aliphatic rings. The Morgan fingerprint density at radius 1 is 0.309 bits per heavy atom. The lowest BCUT2D eigenvalue weighted by atomic mass is 9.97. The van der Waals surface area contributed by atoms with Gasteiger partial charge >= 0.3 is 0 Å². The quantitative estimate of drug-likeness (QED) is 0.179. The maximum Gasteiger partial charge on any atom is 0.137 e. The summed E-state index contributed by atoms with van der Waals surface area (Å²) in [6, 6.07) is 70.4. The lowest BCUT2D eigenvalue weighted by Crippen LogP contribution is -1.93. The zero-order valence-corrected chi connectivity index (χ0v) is 29.8. The Hall–Kier alpha value is -7.36. The number of hydrogen-bond donors (Lipinski definition) is 0. The van der Waals surface area contributed by atoms with Crippen molar-refractivity contribution in [1.29, 1.82) is 0 Å². The molecule has 0 unspecified atom stereocenters. The largest absolute Gasteiger partial charge is 0.456 e. The number of para-hydroxylation sites is 2. The summed E-state index contributed by atoms with van der Waals surface area (Å²) in [5.74, 6) is 0. The van der Waals surface area contributed by atoms with Crippen molar-refractivity contribution in [1.82, 2.24) is 9.13 Å². The van der Waals surface area contributed by atoms with Crippen LogP contribution in [0.15, 0.2) is 199 Å². The fourth-order valence-corrected chi connectivity index (χ4v) is 8.98. The second-order valence-corrected chi connectivity index (χ2v) is 14.5. The molecule has 0 bridgehead atoms. The van der Waals surface area contributed by atoms with Gasteiger partial charge in [-0.15, -0.1) is 0 Å². The zero-order chi connectivity index (χ0) is 36.0. The van der Waals surface area contributed by atoms with Crippen LogP contribution >= 0.6 is 0 Å². The number of rotatable bonds is 4. The van der Waals surface area contributed by atoms with Crippen LogP contribution in [0.1, 0.15) is 0 Å². The van der Waals surface area contributed by atoms with Gasteiger partial charge in [-0.1, -0.05) is 115 Å². The summed E-state index contributed by atoms with van der Waals surface area (Å²) < 4.78 is 11.2. The summed E-state index contributed by atoms with van der Waals surface area (Å²) >= 11 is 0. The predicted molar refractivity (Wildman–Crippen MR) is 231 cm³/mol. The molecule has 3 aromatic heterocycles. The van der Waals surface area contributed by atoms with Gasteiger partial charge < -0.3 is 13.6 Å². The number of hydrogen-bond acceptors (Lipinski definition) is 1. The van der Waals surface area contributed by atoms with Crippen molar-refractivity contribution < 1.29 is 4.42 Å².